The average molecular weight is 240 g/mol. The van der Waals surface area contributed by atoms with Crippen LogP contribution >= 0.6 is 0 Å². The largest absolute Gasteiger partial charge is 0.391 e. The van der Waals surface area contributed by atoms with Gasteiger partial charge in [0, 0.05) is 25.9 Å². The van der Waals surface area contributed by atoms with E-state index in [4.69, 9.17) is 0 Å². The molecular formula is C11H20N4O2. The SMILES string of the molecule is CC(C)CC(O)CNC(=O)Nc1ccn(C)n1. The van der Waals surface area contributed by atoms with Gasteiger partial charge in [-0.15, -0.1) is 0 Å². The zero-order chi connectivity index (χ0) is 12.8. The molecule has 0 bridgehead atoms. The summed E-state index contributed by atoms with van der Waals surface area (Å²) in [5.74, 6) is 0.897. The smallest absolute Gasteiger partial charge is 0.320 e. The molecule has 6 nitrogen and oxygen atoms in total. The molecule has 2 amide bonds. The fourth-order valence-electron chi connectivity index (χ4n) is 1.48. The van der Waals surface area contributed by atoms with Crippen LogP contribution < -0.4 is 10.6 Å². The highest BCUT2D eigenvalue weighted by Crippen LogP contribution is 2.03. The lowest BCUT2D eigenvalue weighted by molar-refractivity contribution is 0.148. The van der Waals surface area contributed by atoms with Crippen LogP contribution in [0.3, 0.4) is 0 Å². The zero-order valence-corrected chi connectivity index (χ0v) is 10.5. The highest BCUT2D eigenvalue weighted by molar-refractivity contribution is 5.88. The molecule has 1 rings (SSSR count). The number of carbonyl (C=O) groups excluding carboxylic acids is 1. The first-order valence-electron chi connectivity index (χ1n) is 5.70. The minimum absolute atomic E-state index is 0.247. The van der Waals surface area contributed by atoms with Gasteiger partial charge in [0.05, 0.1) is 6.10 Å². The number of aryl methyl sites for hydroxylation is 1. The van der Waals surface area contributed by atoms with Gasteiger partial charge in [0.25, 0.3) is 0 Å². The van der Waals surface area contributed by atoms with Gasteiger partial charge in [-0.3, -0.25) is 10.00 Å². The summed E-state index contributed by atoms with van der Waals surface area (Å²) in [7, 11) is 1.77. The molecule has 0 aliphatic rings. The predicted molar refractivity (Wildman–Crippen MR) is 65.7 cm³/mol. The molecule has 1 atom stereocenters. The fraction of sp³-hybridized carbons (Fsp3) is 0.636. The second-order valence-electron chi connectivity index (χ2n) is 4.49. The van der Waals surface area contributed by atoms with Crippen LogP contribution in [0.15, 0.2) is 12.3 Å². The third-order valence-electron chi connectivity index (χ3n) is 2.20. The molecule has 1 aromatic heterocycles. The van der Waals surface area contributed by atoms with Crippen LogP contribution in [0.5, 0.6) is 0 Å². The summed E-state index contributed by atoms with van der Waals surface area (Å²) in [4.78, 5) is 11.4. The highest BCUT2D eigenvalue weighted by atomic mass is 16.3. The summed E-state index contributed by atoms with van der Waals surface area (Å²) in [6.45, 7) is 4.30. The minimum Gasteiger partial charge on any atom is -0.391 e. The van der Waals surface area contributed by atoms with Crippen LogP contribution in [0, 0.1) is 5.92 Å². The molecule has 0 aliphatic carbocycles. The van der Waals surface area contributed by atoms with Crippen molar-refractivity contribution in [1.82, 2.24) is 15.1 Å². The van der Waals surface area contributed by atoms with Gasteiger partial charge in [0.1, 0.15) is 0 Å². The third kappa shape index (κ3) is 5.35. The number of carbonyl (C=O) groups is 1. The maximum atomic E-state index is 11.4. The molecule has 0 saturated carbocycles. The summed E-state index contributed by atoms with van der Waals surface area (Å²) in [5.41, 5.74) is 0. The Morgan fingerprint density at radius 3 is 2.82 bits per heavy atom. The van der Waals surface area contributed by atoms with E-state index in [9.17, 15) is 9.90 Å². The average Bonchev–Trinajstić information content (AvgIpc) is 2.60. The van der Waals surface area contributed by atoms with E-state index in [-0.39, 0.29) is 12.6 Å². The number of aromatic nitrogens is 2. The molecule has 0 spiro atoms. The molecule has 1 unspecified atom stereocenters. The molecule has 0 aromatic carbocycles. The van der Waals surface area contributed by atoms with E-state index in [2.05, 4.69) is 15.7 Å². The molecule has 0 aliphatic heterocycles. The topological polar surface area (TPSA) is 79.2 Å². The Morgan fingerprint density at radius 1 is 1.59 bits per heavy atom. The summed E-state index contributed by atoms with van der Waals surface area (Å²) >= 11 is 0. The third-order valence-corrected chi connectivity index (χ3v) is 2.20. The first kappa shape index (κ1) is 13.5. The molecule has 1 heterocycles. The number of nitrogens with zero attached hydrogens (tertiary/aromatic N) is 2. The predicted octanol–water partition coefficient (Wildman–Crippen LogP) is 0.949. The molecule has 17 heavy (non-hydrogen) atoms. The van der Waals surface area contributed by atoms with E-state index in [0.29, 0.717) is 18.2 Å². The standard InChI is InChI=1S/C11H20N4O2/c1-8(2)6-9(16)7-12-11(17)13-10-4-5-15(3)14-10/h4-5,8-9,16H,6-7H2,1-3H3,(H2,12,13,14,17). The Kier molecular flexibility index (Phi) is 4.96. The number of anilines is 1. The van der Waals surface area contributed by atoms with Gasteiger partial charge in [0.15, 0.2) is 5.82 Å². The molecule has 6 heteroatoms. The molecule has 0 saturated heterocycles. The van der Waals surface area contributed by atoms with Gasteiger partial charge in [-0.25, -0.2) is 4.79 Å². The Labute approximate surface area is 101 Å². The van der Waals surface area contributed by atoms with Gasteiger partial charge in [-0.05, 0) is 12.3 Å². The molecular weight excluding hydrogens is 220 g/mol. The Hall–Kier alpha value is -1.56. The molecule has 96 valence electrons. The van der Waals surface area contributed by atoms with Crippen molar-refractivity contribution in [2.45, 2.75) is 26.4 Å². The second-order valence-corrected chi connectivity index (χ2v) is 4.49. The van der Waals surface area contributed by atoms with Crippen molar-refractivity contribution >= 4 is 11.8 Å². The van der Waals surface area contributed by atoms with Gasteiger partial charge in [-0.1, -0.05) is 13.8 Å². The van der Waals surface area contributed by atoms with E-state index in [1.165, 1.54) is 0 Å². The number of aliphatic hydroxyl groups is 1. The van der Waals surface area contributed by atoms with Crippen molar-refractivity contribution in [1.29, 1.82) is 0 Å². The van der Waals surface area contributed by atoms with Crippen molar-refractivity contribution in [3.63, 3.8) is 0 Å². The Bertz CT molecular complexity index is 362. The molecule has 1 aromatic rings. The lowest BCUT2D eigenvalue weighted by Gasteiger charge is -2.13. The van der Waals surface area contributed by atoms with Crippen molar-refractivity contribution in [2.75, 3.05) is 11.9 Å². The van der Waals surface area contributed by atoms with Crippen LogP contribution in [-0.4, -0.2) is 33.6 Å². The monoisotopic (exact) mass is 240 g/mol. The number of hydrogen-bond acceptors (Lipinski definition) is 3. The van der Waals surface area contributed by atoms with Crippen LogP contribution in [0.4, 0.5) is 10.6 Å². The summed E-state index contributed by atoms with van der Waals surface area (Å²) in [6, 6.07) is 1.34. The first-order chi connectivity index (χ1) is 7.97. The summed E-state index contributed by atoms with van der Waals surface area (Å²) < 4.78 is 1.60. The number of rotatable bonds is 5. The minimum atomic E-state index is -0.510. The van der Waals surface area contributed by atoms with Crippen LogP contribution in [0.1, 0.15) is 20.3 Å². The van der Waals surface area contributed by atoms with Gasteiger partial charge >= 0.3 is 6.03 Å². The van der Waals surface area contributed by atoms with Crippen LogP contribution in [0.2, 0.25) is 0 Å². The number of urea groups is 1. The van der Waals surface area contributed by atoms with Crippen molar-refractivity contribution in [3.8, 4) is 0 Å². The zero-order valence-electron chi connectivity index (χ0n) is 10.5. The van der Waals surface area contributed by atoms with E-state index in [0.717, 1.165) is 0 Å². The van der Waals surface area contributed by atoms with E-state index in [1.807, 2.05) is 13.8 Å². The quantitative estimate of drug-likeness (QED) is 0.717. The molecule has 0 fully saturated rings. The maximum absolute atomic E-state index is 11.4. The number of aliphatic hydroxyl groups excluding tert-OH is 1. The summed E-state index contributed by atoms with van der Waals surface area (Å²) in [6.07, 6.45) is 1.90. The number of nitrogens with one attached hydrogen (secondary N) is 2. The Morgan fingerprint density at radius 2 is 2.29 bits per heavy atom. The highest BCUT2D eigenvalue weighted by Gasteiger charge is 2.09. The van der Waals surface area contributed by atoms with Gasteiger partial charge in [-0.2, -0.15) is 5.10 Å². The van der Waals surface area contributed by atoms with Gasteiger partial charge in [0.2, 0.25) is 0 Å². The van der Waals surface area contributed by atoms with Crippen LogP contribution in [0.25, 0.3) is 0 Å². The second kappa shape index (κ2) is 6.24. The van der Waals surface area contributed by atoms with Crippen molar-refractivity contribution in [2.24, 2.45) is 13.0 Å². The van der Waals surface area contributed by atoms with Crippen molar-refractivity contribution < 1.29 is 9.90 Å². The number of amides is 2. The lowest BCUT2D eigenvalue weighted by Crippen LogP contribution is -2.35. The number of hydrogen-bond donors (Lipinski definition) is 3. The maximum Gasteiger partial charge on any atom is 0.320 e. The van der Waals surface area contributed by atoms with E-state index >= 15 is 0 Å². The van der Waals surface area contributed by atoms with Gasteiger partial charge < -0.3 is 10.4 Å². The van der Waals surface area contributed by atoms with Crippen molar-refractivity contribution in [3.05, 3.63) is 12.3 Å². The molecule has 0 radical (unpaired) electrons. The van der Waals surface area contributed by atoms with E-state index < -0.39 is 6.10 Å². The molecule has 3 N–H and O–H groups in total. The fourth-order valence-corrected chi connectivity index (χ4v) is 1.48. The summed E-state index contributed by atoms with van der Waals surface area (Å²) in [5, 5.41) is 18.8. The first-order valence-corrected chi connectivity index (χ1v) is 5.70. The Balaban J connectivity index is 2.26. The van der Waals surface area contributed by atoms with E-state index in [1.54, 1.807) is 24.0 Å². The van der Waals surface area contributed by atoms with Crippen LogP contribution in [-0.2, 0) is 7.05 Å². The normalized spacial score (nSPS) is 12.5. The lowest BCUT2D eigenvalue weighted by atomic mass is 10.1.